The van der Waals surface area contributed by atoms with Gasteiger partial charge in [-0.3, -0.25) is 4.79 Å². The topological polar surface area (TPSA) is 26.3 Å². The number of Topliss-reactive ketones (excluding diaryl/α,β-unsaturated/α-hetero) is 1. The van der Waals surface area contributed by atoms with Crippen LogP contribution >= 0.6 is 0 Å². The van der Waals surface area contributed by atoms with Crippen LogP contribution in [0.3, 0.4) is 0 Å². The Labute approximate surface area is 106 Å². The number of rotatable bonds is 4. The van der Waals surface area contributed by atoms with Gasteiger partial charge < -0.3 is 4.74 Å². The van der Waals surface area contributed by atoms with Gasteiger partial charge in [-0.2, -0.15) is 0 Å². The van der Waals surface area contributed by atoms with Gasteiger partial charge >= 0.3 is 0 Å². The quantitative estimate of drug-likeness (QED) is 0.750. The van der Waals surface area contributed by atoms with Crippen molar-refractivity contribution >= 4 is 5.78 Å². The van der Waals surface area contributed by atoms with Gasteiger partial charge in [-0.1, -0.05) is 30.3 Å². The Hall–Kier alpha value is -2.09. The van der Waals surface area contributed by atoms with Gasteiger partial charge in [0, 0.05) is 11.5 Å². The van der Waals surface area contributed by atoms with E-state index in [9.17, 15) is 4.79 Å². The summed E-state index contributed by atoms with van der Waals surface area (Å²) in [5, 5.41) is 0. The molecule has 0 heterocycles. The lowest BCUT2D eigenvalue weighted by Crippen LogP contribution is -2.00. The number of carbonyl (C=O) groups excluding carboxylic acids is 1. The Morgan fingerprint density at radius 1 is 0.944 bits per heavy atom. The van der Waals surface area contributed by atoms with Crippen molar-refractivity contribution in [2.75, 3.05) is 0 Å². The Bertz CT molecular complexity index is 556. The molecule has 1 saturated carbocycles. The molecule has 0 N–H and O–H groups in total. The normalized spacial score (nSPS) is 14.2. The molecule has 0 unspecified atom stereocenters. The fraction of sp³-hybridized carbons (Fsp3) is 0.188. The Morgan fingerprint density at radius 3 is 2.39 bits per heavy atom. The fourth-order valence-corrected chi connectivity index (χ4v) is 1.92. The third-order valence-electron chi connectivity index (χ3n) is 3.05. The first-order valence-corrected chi connectivity index (χ1v) is 6.20. The largest absolute Gasteiger partial charge is 0.457 e. The first-order valence-electron chi connectivity index (χ1n) is 6.20. The molecule has 1 aliphatic rings. The van der Waals surface area contributed by atoms with Crippen molar-refractivity contribution in [1.29, 1.82) is 0 Å². The summed E-state index contributed by atoms with van der Waals surface area (Å²) in [6, 6.07) is 17.0. The van der Waals surface area contributed by atoms with Crippen LogP contribution < -0.4 is 4.74 Å². The number of hydrogen-bond acceptors (Lipinski definition) is 2. The highest BCUT2D eigenvalue weighted by molar-refractivity contribution is 5.99. The fourth-order valence-electron chi connectivity index (χ4n) is 1.92. The molecule has 0 bridgehead atoms. The van der Waals surface area contributed by atoms with Gasteiger partial charge in [0.2, 0.25) is 0 Å². The van der Waals surface area contributed by atoms with Crippen LogP contribution in [0.1, 0.15) is 23.2 Å². The van der Waals surface area contributed by atoms with Crippen LogP contribution in [0.4, 0.5) is 0 Å². The van der Waals surface area contributed by atoms with Gasteiger partial charge in [-0.25, -0.2) is 0 Å². The van der Waals surface area contributed by atoms with Gasteiger partial charge in [0.25, 0.3) is 0 Å². The highest BCUT2D eigenvalue weighted by Gasteiger charge is 2.30. The van der Waals surface area contributed by atoms with Crippen molar-refractivity contribution in [3.63, 3.8) is 0 Å². The van der Waals surface area contributed by atoms with Crippen LogP contribution in [0.25, 0.3) is 0 Å². The Morgan fingerprint density at radius 2 is 1.67 bits per heavy atom. The molecule has 2 nitrogen and oxygen atoms in total. The van der Waals surface area contributed by atoms with Crippen LogP contribution in [0, 0.1) is 5.92 Å². The number of para-hydroxylation sites is 1. The standard InChI is InChI=1S/C16H14O2/c17-16(12-9-10-12)13-5-4-8-15(11-13)18-14-6-2-1-3-7-14/h1-8,11-12H,9-10H2. The number of ether oxygens (including phenoxy) is 1. The van der Waals surface area contributed by atoms with Crippen molar-refractivity contribution in [3.8, 4) is 11.5 Å². The van der Waals surface area contributed by atoms with E-state index in [0.29, 0.717) is 5.75 Å². The molecule has 0 radical (unpaired) electrons. The summed E-state index contributed by atoms with van der Waals surface area (Å²) >= 11 is 0. The van der Waals surface area contributed by atoms with E-state index in [-0.39, 0.29) is 11.7 Å². The van der Waals surface area contributed by atoms with Crippen LogP contribution in [0.2, 0.25) is 0 Å². The number of benzene rings is 2. The molecule has 0 saturated heterocycles. The number of ketones is 1. The average Bonchev–Trinajstić information content (AvgIpc) is 3.24. The molecule has 0 aliphatic heterocycles. The maximum Gasteiger partial charge on any atom is 0.166 e. The van der Waals surface area contributed by atoms with E-state index in [2.05, 4.69) is 0 Å². The Kier molecular flexibility index (Phi) is 2.85. The minimum absolute atomic E-state index is 0.244. The maximum atomic E-state index is 12.0. The second-order valence-electron chi connectivity index (χ2n) is 4.58. The number of carbonyl (C=O) groups is 1. The van der Waals surface area contributed by atoms with Crippen molar-refractivity contribution < 1.29 is 9.53 Å². The summed E-state index contributed by atoms with van der Waals surface area (Å²) < 4.78 is 5.72. The highest BCUT2D eigenvalue weighted by Crippen LogP contribution is 2.33. The SMILES string of the molecule is O=C(c1cccc(Oc2ccccc2)c1)C1CC1. The average molecular weight is 238 g/mol. The molecule has 1 fully saturated rings. The Balaban J connectivity index is 1.80. The summed E-state index contributed by atoms with van der Waals surface area (Å²) in [4.78, 5) is 12.0. The van der Waals surface area contributed by atoms with E-state index in [4.69, 9.17) is 4.74 Å². The summed E-state index contributed by atoms with van der Waals surface area (Å²) in [7, 11) is 0. The van der Waals surface area contributed by atoms with Gasteiger partial charge in [-0.15, -0.1) is 0 Å². The summed E-state index contributed by atoms with van der Waals surface area (Å²) in [5.41, 5.74) is 0.755. The van der Waals surface area contributed by atoms with Crippen LogP contribution in [-0.4, -0.2) is 5.78 Å². The van der Waals surface area contributed by atoms with Gasteiger partial charge in [0.15, 0.2) is 5.78 Å². The second-order valence-corrected chi connectivity index (χ2v) is 4.58. The van der Waals surface area contributed by atoms with Crippen molar-refractivity contribution in [2.24, 2.45) is 5.92 Å². The van der Waals surface area contributed by atoms with E-state index >= 15 is 0 Å². The lowest BCUT2D eigenvalue weighted by molar-refractivity contribution is 0.0967. The molecule has 2 aromatic carbocycles. The molecular weight excluding hydrogens is 224 g/mol. The molecule has 18 heavy (non-hydrogen) atoms. The van der Waals surface area contributed by atoms with Crippen LogP contribution in [-0.2, 0) is 0 Å². The molecule has 0 spiro atoms. The van der Waals surface area contributed by atoms with Crippen molar-refractivity contribution in [3.05, 3.63) is 60.2 Å². The molecule has 0 atom stereocenters. The zero-order valence-corrected chi connectivity index (χ0v) is 10.0. The van der Waals surface area contributed by atoms with Crippen LogP contribution in [0.15, 0.2) is 54.6 Å². The van der Waals surface area contributed by atoms with E-state index in [1.807, 2.05) is 54.6 Å². The minimum Gasteiger partial charge on any atom is -0.457 e. The summed E-state index contributed by atoms with van der Waals surface area (Å²) in [6.07, 6.45) is 2.06. The van der Waals surface area contributed by atoms with Crippen molar-refractivity contribution in [1.82, 2.24) is 0 Å². The predicted octanol–water partition coefficient (Wildman–Crippen LogP) is 4.07. The number of hydrogen-bond donors (Lipinski definition) is 0. The third kappa shape index (κ3) is 2.43. The smallest absolute Gasteiger partial charge is 0.166 e. The maximum absolute atomic E-state index is 12.0. The molecule has 1 aliphatic carbocycles. The zero-order chi connectivity index (χ0) is 12.4. The minimum atomic E-state index is 0.244. The van der Waals surface area contributed by atoms with Gasteiger partial charge in [0.1, 0.15) is 11.5 Å². The van der Waals surface area contributed by atoms with E-state index < -0.39 is 0 Å². The highest BCUT2D eigenvalue weighted by atomic mass is 16.5. The van der Waals surface area contributed by atoms with E-state index in [0.717, 1.165) is 24.2 Å². The van der Waals surface area contributed by atoms with Crippen molar-refractivity contribution in [2.45, 2.75) is 12.8 Å². The summed E-state index contributed by atoms with van der Waals surface area (Å²) in [6.45, 7) is 0. The van der Waals surface area contributed by atoms with Crippen LogP contribution in [0.5, 0.6) is 11.5 Å². The first kappa shape index (κ1) is 11.0. The van der Waals surface area contributed by atoms with Gasteiger partial charge in [0.05, 0.1) is 0 Å². The van der Waals surface area contributed by atoms with E-state index in [1.165, 1.54) is 0 Å². The molecule has 2 heteroatoms. The molecule has 0 aromatic heterocycles. The lowest BCUT2D eigenvalue weighted by Gasteiger charge is -2.06. The van der Waals surface area contributed by atoms with Gasteiger partial charge in [-0.05, 0) is 37.1 Å². The first-order chi connectivity index (χ1) is 8.83. The third-order valence-corrected chi connectivity index (χ3v) is 3.05. The second kappa shape index (κ2) is 4.65. The van der Waals surface area contributed by atoms with E-state index in [1.54, 1.807) is 0 Å². The zero-order valence-electron chi connectivity index (χ0n) is 10.0. The monoisotopic (exact) mass is 238 g/mol. The molecule has 3 rings (SSSR count). The molecule has 2 aromatic rings. The molecule has 0 amide bonds. The molecular formula is C16H14O2. The predicted molar refractivity (Wildman–Crippen MR) is 70.0 cm³/mol. The lowest BCUT2D eigenvalue weighted by atomic mass is 10.1. The summed E-state index contributed by atoms with van der Waals surface area (Å²) in [5.74, 6) is 1.99. The molecule has 90 valence electrons.